The van der Waals surface area contributed by atoms with E-state index < -0.39 is 5.82 Å². The van der Waals surface area contributed by atoms with E-state index in [-0.39, 0.29) is 5.69 Å². The van der Waals surface area contributed by atoms with E-state index in [9.17, 15) is 4.39 Å². The minimum absolute atomic E-state index is 0.102. The maximum atomic E-state index is 14.5. The lowest BCUT2D eigenvalue weighted by atomic mass is 10.0. The number of nitrogens with zero attached hydrogens (tertiary/aromatic N) is 4. The Morgan fingerprint density at radius 2 is 2.10 bits per heavy atom. The van der Waals surface area contributed by atoms with Crippen LogP contribution >= 0.6 is 0 Å². The number of hydrogen-bond acceptors (Lipinski definition) is 6. The zero-order valence-corrected chi connectivity index (χ0v) is 17.9. The molecule has 1 aliphatic heterocycles. The number of aromatic nitrogens is 2. The number of hydrogen-bond donors (Lipinski definition) is 2. The molecule has 160 valence electrons. The van der Waals surface area contributed by atoms with Crippen LogP contribution in [0.25, 0.3) is 22.3 Å². The van der Waals surface area contributed by atoms with Gasteiger partial charge in [0.25, 0.3) is 0 Å². The van der Waals surface area contributed by atoms with Crippen molar-refractivity contribution in [2.45, 2.75) is 31.7 Å². The molecule has 3 heterocycles. The van der Waals surface area contributed by atoms with Gasteiger partial charge in [0.15, 0.2) is 5.65 Å². The fraction of sp³-hybridized carbons (Fsp3) is 0.375. The highest BCUT2D eigenvalue weighted by Crippen LogP contribution is 2.44. The third-order valence-electron chi connectivity index (χ3n) is 6.16. The van der Waals surface area contributed by atoms with Crippen molar-refractivity contribution in [2.75, 3.05) is 37.3 Å². The SMILES string of the molecule is CN=Cc1cc(-c2cc(C3CC3)c3cc(N4CCNC(C)C4)cnc3n2)cc(F)c1N. The van der Waals surface area contributed by atoms with Crippen molar-refractivity contribution in [3.63, 3.8) is 0 Å². The Morgan fingerprint density at radius 1 is 1.26 bits per heavy atom. The van der Waals surface area contributed by atoms with Gasteiger partial charge in [-0.05, 0) is 55.5 Å². The molecule has 3 aromatic rings. The number of nitrogens with two attached hydrogens (primary N) is 1. The molecule has 3 N–H and O–H groups in total. The number of piperazine rings is 1. The van der Waals surface area contributed by atoms with E-state index in [2.05, 4.69) is 34.3 Å². The Labute approximate surface area is 181 Å². The molecule has 0 radical (unpaired) electrons. The van der Waals surface area contributed by atoms with Crippen molar-refractivity contribution >= 4 is 28.6 Å². The van der Waals surface area contributed by atoms with Gasteiger partial charge in [0.2, 0.25) is 0 Å². The maximum Gasteiger partial charge on any atom is 0.160 e. The summed E-state index contributed by atoms with van der Waals surface area (Å²) in [6.45, 7) is 5.10. The number of aliphatic imine (C=N–C) groups is 1. The van der Waals surface area contributed by atoms with E-state index in [1.165, 1.54) is 11.6 Å². The number of nitrogens with one attached hydrogen (secondary N) is 1. The molecule has 1 unspecified atom stereocenters. The summed E-state index contributed by atoms with van der Waals surface area (Å²) in [5.74, 6) is 0.0527. The smallest absolute Gasteiger partial charge is 0.160 e. The van der Waals surface area contributed by atoms with Gasteiger partial charge in [-0.25, -0.2) is 14.4 Å². The normalized spacial score (nSPS) is 19.5. The van der Waals surface area contributed by atoms with E-state index in [1.54, 1.807) is 13.3 Å². The second kappa shape index (κ2) is 7.89. The van der Waals surface area contributed by atoms with Crippen molar-refractivity contribution in [1.29, 1.82) is 0 Å². The van der Waals surface area contributed by atoms with Gasteiger partial charge in [0.1, 0.15) is 5.82 Å². The lowest BCUT2D eigenvalue weighted by Crippen LogP contribution is -2.49. The summed E-state index contributed by atoms with van der Waals surface area (Å²) in [5.41, 5.74) is 11.0. The van der Waals surface area contributed by atoms with Gasteiger partial charge in [-0.1, -0.05) is 0 Å². The molecule has 2 aliphatic rings. The van der Waals surface area contributed by atoms with Crippen LogP contribution in [0, 0.1) is 5.82 Å². The largest absolute Gasteiger partial charge is 0.396 e. The van der Waals surface area contributed by atoms with E-state index in [4.69, 9.17) is 15.7 Å². The molecule has 7 heteroatoms. The zero-order chi connectivity index (χ0) is 21.5. The summed E-state index contributed by atoms with van der Waals surface area (Å²) in [6, 6.07) is 8.07. The monoisotopic (exact) mass is 418 g/mol. The van der Waals surface area contributed by atoms with Gasteiger partial charge in [0, 0.05) is 55.5 Å². The van der Waals surface area contributed by atoms with E-state index in [0.29, 0.717) is 28.7 Å². The Kier molecular flexibility index (Phi) is 5.06. The predicted molar refractivity (Wildman–Crippen MR) is 125 cm³/mol. The number of rotatable bonds is 4. The molecule has 2 fully saturated rings. The lowest BCUT2D eigenvalue weighted by Gasteiger charge is -2.33. The summed E-state index contributed by atoms with van der Waals surface area (Å²) >= 11 is 0. The van der Waals surface area contributed by atoms with E-state index in [1.807, 2.05) is 12.3 Å². The van der Waals surface area contributed by atoms with Crippen LogP contribution in [0.4, 0.5) is 15.8 Å². The molecule has 0 bridgehead atoms. The van der Waals surface area contributed by atoms with Gasteiger partial charge < -0.3 is 16.0 Å². The van der Waals surface area contributed by atoms with Crippen molar-refractivity contribution in [1.82, 2.24) is 15.3 Å². The number of halogens is 1. The molecule has 1 saturated heterocycles. The van der Waals surface area contributed by atoms with Gasteiger partial charge >= 0.3 is 0 Å². The second-order valence-electron chi connectivity index (χ2n) is 8.59. The molecule has 31 heavy (non-hydrogen) atoms. The topological polar surface area (TPSA) is 79.4 Å². The molecule has 1 atom stereocenters. The number of fused-ring (bicyclic) bond motifs is 1. The second-order valence-corrected chi connectivity index (χ2v) is 8.59. The van der Waals surface area contributed by atoms with Gasteiger partial charge in [-0.2, -0.15) is 0 Å². The standard InChI is InChI=1S/C24H27FN6/c1-14-13-31(6-5-28-14)18-9-20-19(15-3-4-15)10-22(30-24(20)29-12-18)16-7-17(11-27-2)23(26)21(25)8-16/h7-12,14-15,28H,3-6,13,26H2,1-2H3. The van der Waals surface area contributed by atoms with Crippen LogP contribution in [0.5, 0.6) is 0 Å². The fourth-order valence-corrected chi connectivity index (χ4v) is 4.37. The summed E-state index contributed by atoms with van der Waals surface area (Å²) in [4.78, 5) is 15.9. The number of pyridine rings is 2. The Morgan fingerprint density at radius 3 is 2.84 bits per heavy atom. The van der Waals surface area contributed by atoms with Crippen molar-refractivity contribution < 1.29 is 4.39 Å². The minimum Gasteiger partial charge on any atom is -0.396 e. The fourth-order valence-electron chi connectivity index (χ4n) is 4.37. The average molecular weight is 419 g/mol. The first kappa shape index (κ1) is 19.9. The van der Waals surface area contributed by atoms with Crippen LogP contribution in [0.15, 0.2) is 35.5 Å². The van der Waals surface area contributed by atoms with Gasteiger partial charge in [0.05, 0.1) is 23.3 Å². The third-order valence-corrected chi connectivity index (χ3v) is 6.16. The average Bonchev–Trinajstić information content (AvgIpc) is 3.61. The quantitative estimate of drug-likeness (QED) is 0.498. The van der Waals surface area contributed by atoms with Crippen LogP contribution in [-0.2, 0) is 0 Å². The van der Waals surface area contributed by atoms with Crippen molar-refractivity contribution in [3.8, 4) is 11.3 Å². The molecule has 1 aromatic carbocycles. The Bertz CT molecular complexity index is 1170. The highest BCUT2D eigenvalue weighted by molar-refractivity contribution is 5.91. The number of nitrogen functional groups attached to an aromatic ring is 1. The van der Waals surface area contributed by atoms with Crippen LogP contribution in [0.2, 0.25) is 0 Å². The highest BCUT2D eigenvalue weighted by Gasteiger charge is 2.27. The van der Waals surface area contributed by atoms with E-state index >= 15 is 0 Å². The summed E-state index contributed by atoms with van der Waals surface area (Å²) in [6.07, 6.45) is 5.81. The number of benzene rings is 1. The molecule has 1 saturated carbocycles. The zero-order valence-electron chi connectivity index (χ0n) is 17.9. The Balaban J connectivity index is 1.61. The number of anilines is 2. The lowest BCUT2D eigenvalue weighted by molar-refractivity contribution is 0.484. The van der Waals surface area contributed by atoms with Crippen LogP contribution in [0.1, 0.15) is 36.8 Å². The molecular weight excluding hydrogens is 391 g/mol. The molecule has 6 nitrogen and oxygen atoms in total. The molecule has 0 spiro atoms. The van der Waals surface area contributed by atoms with Crippen LogP contribution in [-0.4, -0.2) is 48.9 Å². The maximum absolute atomic E-state index is 14.5. The molecule has 1 aliphatic carbocycles. The predicted octanol–water partition coefficient (Wildman–Crippen LogP) is 3.74. The van der Waals surface area contributed by atoms with Crippen LogP contribution in [0.3, 0.4) is 0 Å². The molecule has 5 rings (SSSR count). The van der Waals surface area contributed by atoms with Gasteiger partial charge in [-0.15, -0.1) is 0 Å². The Hall–Kier alpha value is -3.06. The molecule has 0 amide bonds. The van der Waals surface area contributed by atoms with Crippen molar-refractivity contribution in [2.24, 2.45) is 4.99 Å². The summed E-state index contributed by atoms with van der Waals surface area (Å²) in [7, 11) is 1.64. The summed E-state index contributed by atoms with van der Waals surface area (Å²) < 4.78 is 14.5. The first-order valence-corrected chi connectivity index (χ1v) is 10.8. The minimum atomic E-state index is -0.460. The highest BCUT2D eigenvalue weighted by atomic mass is 19.1. The summed E-state index contributed by atoms with van der Waals surface area (Å²) in [5, 5.41) is 4.58. The molecule has 2 aromatic heterocycles. The van der Waals surface area contributed by atoms with Gasteiger partial charge in [-0.3, -0.25) is 4.99 Å². The van der Waals surface area contributed by atoms with Crippen molar-refractivity contribution in [3.05, 3.63) is 47.4 Å². The first-order valence-electron chi connectivity index (χ1n) is 10.8. The first-order chi connectivity index (χ1) is 15.0. The van der Waals surface area contributed by atoms with Crippen LogP contribution < -0.4 is 16.0 Å². The van der Waals surface area contributed by atoms with E-state index in [0.717, 1.165) is 49.2 Å². The third kappa shape index (κ3) is 3.85. The molecular formula is C24H27FN6.